The number of likely N-dealkylation sites (N-methyl/N-ethyl adjacent to an activating group) is 1. The fourth-order valence-electron chi connectivity index (χ4n) is 3.82. The van der Waals surface area contributed by atoms with Crippen LogP contribution in [0, 0.1) is 5.41 Å². The van der Waals surface area contributed by atoms with Crippen molar-refractivity contribution in [2.24, 2.45) is 5.41 Å². The second-order valence-electron chi connectivity index (χ2n) is 9.33. The number of carbonyl (C=O) groups excluding carboxylic acids is 2. The molecule has 2 amide bonds. The minimum atomic E-state index is -1.10. The molecule has 178 valence electrons. The molecule has 2 atom stereocenters. The zero-order chi connectivity index (χ0) is 24.9. The molecule has 0 aliphatic heterocycles. The van der Waals surface area contributed by atoms with Crippen LogP contribution in [0.4, 0.5) is 0 Å². The summed E-state index contributed by atoms with van der Waals surface area (Å²) in [6.07, 6.45) is 3.05. The Balaban J connectivity index is 1.84. The molecule has 3 N–H and O–H groups in total. The molecule has 2 aromatic carbocycles. The summed E-state index contributed by atoms with van der Waals surface area (Å²) < 4.78 is 1.59. The Morgan fingerprint density at radius 1 is 0.853 bits per heavy atom. The lowest BCUT2D eigenvalue weighted by Gasteiger charge is -2.31. The van der Waals surface area contributed by atoms with E-state index < -0.39 is 35.8 Å². The second-order valence-corrected chi connectivity index (χ2v) is 9.33. The summed E-state index contributed by atoms with van der Waals surface area (Å²) in [4.78, 5) is 37.0. The Labute approximate surface area is 199 Å². The maximum Gasteiger partial charge on any atom is 0.306 e. The predicted molar refractivity (Wildman–Crippen MR) is 132 cm³/mol. The van der Waals surface area contributed by atoms with Crippen molar-refractivity contribution in [2.45, 2.75) is 39.3 Å². The normalized spacial score (nSPS) is 13.1. The zero-order valence-electron chi connectivity index (χ0n) is 19.9. The minimum Gasteiger partial charge on any atom is -0.481 e. The lowest BCUT2D eigenvalue weighted by Crippen LogP contribution is -2.54. The van der Waals surface area contributed by atoms with Gasteiger partial charge in [0.15, 0.2) is 0 Å². The molecule has 0 radical (unpaired) electrons. The highest BCUT2D eigenvalue weighted by Crippen LogP contribution is 2.27. The van der Waals surface area contributed by atoms with Crippen LogP contribution in [0.5, 0.6) is 0 Å². The molecule has 7 nitrogen and oxygen atoms in total. The molecule has 0 bridgehead atoms. The van der Waals surface area contributed by atoms with Gasteiger partial charge in [0.25, 0.3) is 0 Å². The van der Waals surface area contributed by atoms with Crippen molar-refractivity contribution >= 4 is 17.8 Å². The van der Waals surface area contributed by atoms with Gasteiger partial charge in [0.05, 0.1) is 6.42 Å². The highest BCUT2D eigenvalue weighted by molar-refractivity contribution is 5.91. The molecular weight excluding hydrogens is 430 g/mol. The average Bonchev–Trinajstić information content (AvgIpc) is 3.30. The molecule has 7 heteroatoms. The maximum atomic E-state index is 13.1. The molecule has 0 saturated heterocycles. The molecule has 3 rings (SSSR count). The van der Waals surface area contributed by atoms with Gasteiger partial charge >= 0.3 is 5.97 Å². The molecule has 0 spiro atoms. The van der Waals surface area contributed by atoms with Crippen LogP contribution in [-0.4, -0.2) is 40.5 Å². The Morgan fingerprint density at radius 3 is 1.94 bits per heavy atom. The molecule has 0 unspecified atom stereocenters. The van der Waals surface area contributed by atoms with Crippen molar-refractivity contribution in [3.8, 4) is 22.3 Å². The molecule has 34 heavy (non-hydrogen) atoms. The van der Waals surface area contributed by atoms with Crippen molar-refractivity contribution in [3.63, 3.8) is 0 Å². The predicted octanol–water partition coefficient (Wildman–Crippen LogP) is 4.11. The van der Waals surface area contributed by atoms with Crippen molar-refractivity contribution < 1.29 is 19.5 Å². The number of carboxylic acids is 1. The lowest BCUT2D eigenvalue weighted by molar-refractivity contribution is -0.141. The van der Waals surface area contributed by atoms with Crippen LogP contribution in [0.15, 0.2) is 73.1 Å². The number of carbonyl (C=O) groups is 3. The molecule has 1 aromatic heterocycles. The smallest absolute Gasteiger partial charge is 0.306 e. The van der Waals surface area contributed by atoms with Gasteiger partial charge in [-0.2, -0.15) is 0 Å². The fourth-order valence-corrected chi connectivity index (χ4v) is 3.82. The summed E-state index contributed by atoms with van der Waals surface area (Å²) >= 11 is 0. The van der Waals surface area contributed by atoms with E-state index >= 15 is 0 Å². The van der Waals surface area contributed by atoms with E-state index in [1.807, 2.05) is 81.4 Å². The van der Waals surface area contributed by atoms with E-state index in [4.69, 9.17) is 0 Å². The van der Waals surface area contributed by atoms with Crippen molar-refractivity contribution in [2.75, 3.05) is 7.05 Å². The SMILES string of the molecule is CNC(=O)[C@@H](NC(=O)[C@@H](CC(=O)O)n1ccc(-c2ccc(-c3ccccc3)cc2)c1)C(C)(C)C. The molecule has 1 heterocycles. The fraction of sp³-hybridized carbons (Fsp3) is 0.296. The van der Waals surface area contributed by atoms with Gasteiger partial charge in [-0.25, -0.2) is 0 Å². The summed E-state index contributed by atoms with van der Waals surface area (Å²) in [5.41, 5.74) is 3.47. The Morgan fingerprint density at radius 2 is 1.41 bits per heavy atom. The first-order valence-electron chi connectivity index (χ1n) is 11.2. The van der Waals surface area contributed by atoms with Crippen LogP contribution in [0.25, 0.3) is 22.3 Å². The number of nitrogens with zero attached hydrogens (tertiary/aromatic N) is 1. The number of carboxylic acid groups (broad SMARTS) is 1. The van der Waals surface area contributed by atoms with Gasteiger partial charge in [-0.3, -0.25) is 14.4 Å². The number of hydrogen-bond donors (Lipinski definition) is 3. The number of amides is 2. The van der Waals surface area contributed by atoms with Crippen molar-refractivity contribution in [3.05, 3.63) is 73.1 Å². The number of aromatic nitrogens is 1. The van der Waals surface area contributed by atoms with E-state index in [9.17, 15) is 19.5 Å². The summed E-state index contributed by atoms with van der Waals surface area (Å²) in [6, 6.07) is 18.1. The second kappa shape index (κ2) is 10.4. The number of aliphatic carboxylic acids is 1. The first-order valence-corrected chi connectivity index (χ1v) is 11.2. The number of benzene rings is 2. The van der Waals surface area contributed by atoms with E-state index in [-0.39, 0.29) is 5.91 Å². The number of nitrogens with one attached hydrogen (secondary N) is 2. The monoisotopic (exact) mass is 461 g/mol. The minimum absolute atomic E-state index is 0.332. The third-order valence-electron chi connectivity index (χ3n) is 5.73. The molecule has 0 aliphatic rings. The van der Waals surface area contributed by atoms with E-state index in [1.165, 1.54) is 7.05 Å². The molecule has 0 saturated carbocycles. The van der Waals surface area contributed by atoms with E-state index in [0.29, 0.717) is 0 Å². The van der Waals surface area contributed by atoms with Crippen LogP contribution in [-0.2, 0) is 14.4 Å². The van der Waals surface area contributed by atoms with Crippen LogP contribution in [0.1, 0.15) is 33.2 Å². The molecule has 3 aromatic rings. The Bertz CT molecular complexity index is 1140. The van der Waals surface area contributed by atoms with E-state index in [1.54, 1.807) is 17.0 Å². The molecule has 0 fully saturated rings. The number of rotatable bonds is 8. The summed E-state index contributed by atoms with van der Waals surface area (Å²) in [5.74, 6) is -1.95. The van der Waals surface area contributed by atoms with Gasteiger partial charge in [-0.05, 0) is 33.7 Å². The summed E-state index contributed by atoms with van der Waals surface area (Å²) in [7, 11) is 1.50. The van der Waals surface area contributed by atoms with Gasteiger partial charge in [0.2, 0.25) is 11.8 Å². The van der Waals surface area contributed by atoms with Gasteiger partial charge in [0.1, 0.15) is 12.1 Å². The first-order chi connectivity index (χ1) is 16.1. The summed E-state index contributed by atoms with van der Waals surface area (Å²) in [6.45, 7) is 5.52. The lowest BCUT2D eigenvalue weighted by atomic mass is 9.86. The van der Waals surface area contributed by atoms with Crippen molar-refractivity contribution in [1.82, 2.24) is 15.2 Å². The highest BCUT2D eigenvalue weighted by Gasteiger charge is 2.35. The summed E-state index contributed by atoms with van der Waals surface area (Å²) in [5, 5.41) is 14.7. The average molecular weight is 462 g/mol. The van der Waals surface area contributed by atoms with Crippen LogP contribution < -0.4 is 10.6 Å². The maximum absolute atomic E-state index is 13.1. The molecule has 0 aliphatic carbocycles. The van der Waals surface area contributed by atoms with Crippen LogP contribution >= 0.6 is 0 Å². The topological polar surface area (TPSA) is 100 Å². The van der Waals surface area contributed by atoms with Gasteiger partial charge < -0.3 is 20.3 Å². The Hall–Kier alpha value is -3.87. The molecular formula is C27H31N3O4. The van der Waals surface area contributed by atoms with Gasteiger partial charge in [0, 0.05) is 19.4 Å². The quantitative estimate of drug-likeness (QED) is 0.470. The third kappa shape index (κ3) is 5.92. The van der Waals surface area contributed by atoms with Gasteiger partial charge in [-0.1, -0.05) is 75.4 Å². The first kappa shape index (κ1) is 24.8. The largest absolute Gasteiger partial charge is 0.481 e. The third-order valence-corrected chi connectivity index (χ3v) is 5.73. The number of hydrogen-bond acceptors (Lipinski definition) is 3. The van der Waals surface area contributed by atoms with Crippen molar-refractivity contribution in [1.29, 1.82) is 0 Å². The zero-order valence-corrected chi connectivity index (χ0v) is 19.9. The highest BCUT2D eigenvalue weighted by atomic mass is 16.4. The van der Waals surface area contributed by atoms with Crippen LogP contribution in [0.2, 0.25) is 0 Å². The van der Waals surface area contributed by atoms with Gasteiger partial charge in [-0.15, -0.1) is 0 Å². The standard InChI is InChI=1S/C27H31N3O4/c1-27(2,3)24(26(34)28-4)29-25(33)22(16-23(31)32)30-15-14-21(17-30)20-12-10-19(11-13-20)18-8-6-5-7-9-18/h5-15,17,22,24H,16H2,1-4H3,(H,28,34)(H,29,33)(H,31,32)/t22-,24-/m1/s1. The van der Waals surface area contributed by atoms with E-state index in [2.05, 4.69) is 10.6 Å². The van der Waals surface area contributed by atoms with Crippen LogP contribution in [0.3, 0.4) is 0 Å². The Kier molecular flexibility index (Phi) is 7.56. The van der Waals surface area contributed by atoms with E-state index in [0.717, 1.165) is 22.3 Å².